The minimum Gasteiger partial charge on any atom is -0.495 e. The Labute approximate surface area is 181 Å². The van der Waals surface area contributed by atoms with Crippen LogP contribution in [0, 0.1) is 5.92 Å². The number of methoxy groups -OCH3 is 2. The Morgan fingerprint density at radius 2 is 2.00 bits per heavy atom. The first-order valence-corrected chi connectivity index (χ1v) is 9.44. The van der Waals surface area contributed by atoms with Gasteiger partial charge in [0.05, 0.1) is 24.9 Å². The van der Waals surface area contributed by atoms with Gasteiger partial charge in [0.2, 0.25) is 0 Å². The monoisotopic (exact) mass is 490 g/mol. The molecule has 1 aromatic carbocycles. The van der Waals surface area contributed by atoms with Crippen molar-refractivity contribution < 1.29 is 9.47 Å². The van der Waals surface area contributed by atoms with E-state index in [0.717, 1.165) is 44.3 Å². The SMILES string of the molecule is CCNC(=NCC(C)(C)OC)NCC1CCN(c2ccccc2OC)C1.I. The predicted octanol–water partition coefficient (Wildman–Crippen LogP) is 3.12. The van der Waals surface area contributed by atoms with Crippen molar-refractivity contribution in [2.45, 2.75) is 32.8 Å². The molecule has 1 aromatic rings. The van der Waals surface area contributed by atoms with Gasteiger partial charge in [0.15, 0.2) is 5.96 Å². The predicted molar refractivity (Wildman–Crippen MR) is 124 cm³/mol. The smallest absolute Gasteiger partial charge is 0.191 e. The van der Waals surface area contributed by atoms with E-state index >= 15 is 0 Å². The number of nitrogens with zero attached hydrogens (tertiary/aromatic N) is 2. The van der Waals surface area contributed by atoms with Crippen LogP contribution in [0.2, 0.25) is 0 Å². The summed E-state index contributed by atoms with van der Waals surface area (Å²) in [5, 5.41) is 6.80. The maximum Gasteiger partial charge on any atom is 0.191 e. The van der Waals surface area contributed by atoms with Gasteiger partial charge < -0.3 is 25.0 Å². The summed E-state index contributed by atoms with van der Waals surface area (Å²) in [6, 6.07) is 8.23. The minimum absolute atomic E-state index is 0. The lowest BCUT2D eigenvalue weighted by Crippen LogP contribution is -2.41. The number of anilines is 1. The van der Waals surface area contributed by atoms with Gasteiger partial charge in [-0.25, -0.2) is 0 Å². The van der Waals surface area contributed by atoms with Gasteiger partial charge in [-0.2, -0.15) is 0 Å². The molecule has 2 N–H and O–H groups in total. The lowest BCUT2D eigenvalue weighted by molar-refractivity contribution is 0.0310. The second-order valence-electron chi connectivity index (χ2n) is 7.31. The van der Waals surface area contributed by atoms with Gasteiger partial charge >= 0.3 is 0 Å². The van der Waals surface area contributed by atoms with E-state index in [9.17, 15) is 0 Å². The standard InChI is InChI=1S/C20H34N4O2.HI/c1-6-21-19(23-15-20(2,3)26-5)22-13-16-11-12-24(14-16)17-9-7-8-10-18(17)25-4;/h7-10,16H,6,11-15H2,1-5H3,(H2,21,22,23);1H. The highest BCUT2D eigenvalue weighted by atomic mass is 127. The van der Waals surface area contributed by atoms with E-state index in [1.54, 1.807) is 14.2 Å². The Morgan fingerprint density at radius 3 is 2.67 bits per heavy atom. The van der Waals surface area contributed by atoms with Crippen molar-refractivity contribution in [3.63, 3.8) is 0 Å². The number of ether oxygens (including phenoxy) is 2. The number of para-hydroxylation sites is 2. The fourth-order valence-corrected chi connectivity index (χ4v) is 3.03. The van der Waals surface area contributed by atoms with E-state index in [0.29, 0.717) is 12.5 Å². The molecule has 0 radical (unpaired) electrons. The van der Waals surface area contributed by atoms with Crippen LogP contribution in [0.1, 0.15) is 27.2 Å². The van der Waals surface area contributed by atoms with Gasteiger partial charge in [-0.1, -0.05) is 12.1 Å². The molecule has 0 aromatic heterocycles. The van der Waals surface area contributed by atoms with Crippen LogP contribution in [0.4, 0.5) is 5.69 Å². The molecule has 1 aliphatic heterocycles. The third-order valence-corrected chi connectivity index (χ3v) is 4.78. The number of hydrogen-bond donors (Lipinski definition) is 2. The molecule has 2 rings (SSSR count). The van der Waals surface area contributed by atoms with Gasteiger partial charge in [-0.3, -0.25) is 4.99 Å². The van der Waals surface area contributed by atoms with Gasteiger partial charge in [0.1, 0.15) is 5.75 Å². The Hall–Kier alpha value is -1.22. The third-order valence-electron chi connectivity index (χ3n) is 4.78. The highest BCUT2D eigenvalue weighted by Gasteiger charge is 2.24. The van der Waals surface area contributed by atoms with Gasteiger partial charge in [0.25, 0.3) is 0 Å². The molecular weight excluding hydrogens is 455 g/mol. The van der Waals surface area contributed by atoms with Gasteiger partial charge in [-0.15, -0.1) is 24.0 Å². The van der Waals surface area contributed by atoms with Crippen LogP contribution in [-0.4, -0.2) is 58.5 Å². The molecule has 1 atom stereocenters. The van der Waals surface area contributed by atoms with Gasteiger partial charge in [0, 0.05) is 33.3 Å². The normalized spacial score (nSPS) is 17.4. The summed E-state index contributed by atoms with van der Waals surface area (Å²) in [6.45, 7) is 10.6. The van der Waals surface area contributed by atoms with E-state index in [-0.39, 0.29) is 29.6 Å². The molecule has 0 bridgehead atoms. The number of rotatable bonds is 8. The summed E-state index contributed by atoms with van der Waals surface area (Å²) in [4.78, 5) is 7.06. The fraction of sp³-hybridized carbons (Fsp3) is 0.650. The summed E-state index contributed by atoms with van der Waals surface area (Å²) in [7, 11) is 3.45. The number of nitrogens with one attached hydrogen (secondary N) is 2. The van der Waals surface area contributed by atoms with Crippen molar-refractivity contribution in [2.75, 3.05) is 51.8 Å². The van der Waals surface area contributed by atoms with Crippen molar-refractivity contribution >= 4 is 35.6 Å². The van der Waals surface area contributed by atoms with E-state index in [1.165, 1.54) is 5.69 Å². The summed E-state index contributed by atoms with van der Waals surface area (Å²) in [6.07, 6.45) is 1.16. The number of halogens is 1. The highest BCUT2D eigenvalue weighted by molar-refractivity contribution is 14.0. The molecule has 1 unspecified atom stereocenters. The Kier molecular flexibility index (Phi) is 10.2. The molecule has 0 spiro atoms. The summed E-state index contributed by atoms with van der Waals surface area (Å²) in [5.74, 6) is 2.38. The highest BCUT2D eigenvalue weighted by Crippen LogP contribution is 2.31. The van der Waals surface area contributed by atoms with Crippen LogP contribution in [0.15, 0.2) is 29.3 Å². The molecule has 0 amide bonds. The molecule has 1 fully saturated rings. The van der Waals surface area contributed by atoms with Crippen molar-refractivity contribution in [1.82, 2.24) is 10.6 Å². The van der Waals surface area contributed by atoms with E-state index in [2.05, 4.69) is 39.6 Å². The average molecular weight is 490 g/mol. The average Bonchev–Trinajstić information content (AvgIpc) is 3.13. The molecule has 1 saturated heterocycles. The second kappa shape index (κ2) is 11.6. The molecule has 6 nitrogen and oxygen atoms in total. The molecule has 154 valence electrons. The van der Waals surface area contributed by atoms with Crippen LogP contribution < -0.4 is 20.3 Å². The van der Waals surface area contributed by atoms with Crippen LogP contribution in [0.25, 0.3) is 0 Å². The van der Waals surface area contributed by atoms with Crippen LogP contribution >= 0.6 is 24.0 Å². The molecule has 27 heavy (non-hydrogen) atoms. The third kappa shape index (κ3) is 7.37. The zero-order valence-electron chi connectivity index (χ0n) is 17.2. The maximum atomic E-state index is 5.50. The summed E-state index contributed by atoms with van der Waals surface area (Å²) >= 11 is 0. The fourth-order valence-electron chi connectivity index (χ4n) is 3.03. The van der Waals surface area contributed by atoms with Crippen molar-refractivity contribution in [2.24, 2.45) is 10.9 Å². The van der Waals surface area contributed by atoms with Gasteiger partial charge in [-0.05, 0) is 45.2 Å². The molecule has 1 heterocycles. The first-order valence-electron chi connectivity index (χ1n) is 9.44. The number of guanidine groups is 1. The topological polar surface area (TPSA) is 58.1 Å². The molecule has 1 aliphatic rings. The van der Waals surface area contributed by atoms with Crippen LogP contribution in [0.3, 0.4) is 0 Å². The Balaban J connectivity index is 0.00000364. The number of benzene rings is 1. The Morgan fingerprint density at radius 1 is 1.26 bits per heavy atom. The maximum absolute atomic E-state index is 5.50. The lowest BCUT2D eigenvalue weighted by Gasteiger charge is -2.22. The lowest BCUT2D eigenvalue weighted by atomic mass is 10.1. The zero-order chi connectivity index (χ0) is 19.0. The quantitative estimate of drug-likeness (QED) is 0.333. The van der Waals surface area contributed by atoms with Crippen LogP contribution in [-0.2, 0) is 4.74 Å². The van der Waals surface area contributed by atoms with Crippen molar-refractivity contribution in [3.05, 3.63) is 24.3 Å². The summed E-state index contributed by atoms with van der Waals surface area (Å²) < 4.78 is 10.9. The van der Waals surface area contributed by atoms with E-state index in [1.807, 2.05) is 26.0 Å². The first-order chi connectivity index (χ1) is 12.5. The molecular formula is C20H35IN4O2. The molecule has 0 saturated carbocycles. The first kappa shape index (κ1) is 23.8. The molecule has 0 aliphatic carbocycles. The number of aliphatic imine (C=N–C) groups is 1. The minimum atomic E-state index is -0.254. The number of hydrogen-bond acceptors (Lipinski definition) is 4. The second-order valence-corrected chi connectivity index (χ2v) is 7.31. The van der Waals surface area contributed by atoms with Crippen LogP contribution in [0.5, 0.6) is 5.75 Å². The summed E-state index contributed by atoms with van der Waals surface area (Å²) in [5.41, 5.74) is 0.927. The largest absolute Gasteiger partial charge is 0.495 e. The zero-order valence-corrected chi connectivity index (χ0v) is 19.6. The Bertz CT molecular complexity index is 595. The van der Waals surface area contributed by atoms with E-state index < -0.39 is 0 Å². The van der Waals surface area contributed by atoms with Crippen molar-refractivity contribution in [3.8, 4) is 5.75 Å². The van der Waals surface area contributed by atoms with E-state index in [4.69, 9.17) is 9.47 Å². The van der Waals surface area contributed by atoms with Crippen molar-refractivity contribution in [1.29, 1.82) is 0 Å². The molecule has 7 heteroatoms.